The van der Waals surface area contributed by atoms with Crippen molar-refractivity contribution in [1.82, 2.24) is 9.78 Å². The number of aliphatic hydroxyl groups excluding tert-OH is 1. The summed E-state index contributed by atoms with van der Waals surface area (Å²) >= 11 is 1.76. The van der Waals surface area contributed by atoms with Gasteiger partial charge < -0.3 is 5.11 Å². The minimum absolute atomic E-state index is 0.291. The van der Waals surface area contributed by atoms with Crippen LogP contribution in [-0.2, 0) is 13.5 Å². The number of benzene rings is 1. The molecule has 0 radical (unpaired) electrons. The maximum atomic E-state index is 9.94. The average molecular weight is 250 g/mol. The highest BCUT2D eigenvalue weighted by Crippen LogP contribution is 2.19. The number of para-hydroxylation sites is 1. The third-order valence-corrected chi connectivity index (χ3v) is 3.56. The van der Waals surface area contributed by atoms with Crippen LogP contribution in [0.15, 0.2) is 24.3 Å². The van der Waals surface area contributed by atoms with Crippen LogP contribution in [0, 0.1) is 0 Å². The van der Waals surface area contributed by atoms with Gasteiger partial charge in [-0.3, -0.25) is 4.68 Å². The van der Waals surface area contributed by atoms with Crippen LogP contribution in [0.3, 0.4) is 0 Å². The van der Waals surface area contributed by atoms with Crippen LogP contribution >= 0.6 is 11.8 Å². The fraction of sp³-hybridized carbons (Fsp3) is 0.462. The standard InChI is InChI=1S/C13H18N2OS/c1-15-13-6-4-3-5-11(13)12(14-15)9-10(16)7-8-17-2/h3-6,10,16H,7-9H2,1-2H3. The molecule has 0 fully saturated rings. The fourth-order valence-electron chi connectivity index (χ4n) is 2.02. The first kappa shape index (κ1) is 12.5. The molecule has 1 N–H and O–H groups in total. The zero-order valence-electron chi connectivity index (χ0n) is 10.3. The van der Waals surface area contributed by atoms with Gasteiger partial charge >= 0.3 is 0 Å². The minimum Gasteiger partial charge on any atom is -0.393 e. The molecule has 2 aromatic rings. The van der Waals surface area contributed by atoms with E-state index in [1.165, 1.54) is 0 Å². The van der Waals surface area contributed by atoms with Crippen LogP contribution in [0.1, 0.15) is 12.1 Å². The van der Waals surface area contributed by atoms with E-state index in [0.29, 0.717) is 6.42 Å². The van der Waals surface area contributed by atoms with Crippen molar-refractivity contribution in [2.75, 3.05) is 12.0 Å². The third kappa shape index (κ3) is 2.82. The smallest absolute Gasteiger partial charge is 0.0728 e. The first-order valence-electron chi connectivity index (χ1n) is 5.80. The summed E-state index contributed by atoms with van der Waals surface area (Å²) in [6.45, 7) is 0. The van der Waals surface area contributed by atoms with E-state index in [1.807, 2.05) is 23.9 Å². The Morgan fingerprint density at radius 3 is 2.94 bits per heavy atom. The van der Waals surface area contributed by atoms with Gasteiger partial charge in [-0.25, -0.2) is 0 Å². The van der Waals surface area contributed by atoms with Crippen LogP contribution < -0.4 is 0 Å². The van der Waals surface area contributed by atoms with Crippen LogP contribution in [-0.4, -0.2) is 33.0 Å². The quantitative estimate of drug-likeness (QED) is 0.884. The number of aliphatic hydroxyl groups is 1. The van der Waals surface area contributed by atoms with E-state index in [2.05, 4.69) is 23.5 Å². The molecule has 0 amide bonds. The normalized spacial score (nSPS) is 13.1. The summed E-state index contributed by atoms with van der Waals surface area (Å²) in [5.74, 6) is 0.992. The predicted octanol–water partition coefficient (Wildman–Crippen LogP) is 2.23. The highest BCUT2D eigenvalue weighted by Gasteiger charge is 2.12. The van der Waals surface area contributed by atoms with E-state index >= 15 is 0 Å². The van der Waals surface area contributed by atoms with Gasteiger partial charge in [-0.05, 0) is 24.5 Å². The molecule has 1 heterocycles. The predicted molar refractivity (Wildman–Crippen MR) is 73.4 cm³/mol. The van der Waals surface area contributed by atoms with Crippen molar-refractivity contribution in [2.45, 2.75) is 18.9 Å². The Kier molecular flexibility index (Phi) is 4.07. The van der Waals surface area contributed by atoms with Gasteiger partial charge in [0.15, 0.2) is 0 Å². The van der Waals surface area contributed by atoms with Gasteiger partial charge in [-0.1, -0.05) is 18.2 Å². The number of aryl methyl sites for hydroxylation is 1. The number of nitrogens with zero attached hydrogens (tertiary/aromatic N) is 2. The van der Waals surface area contributed by atoms with E-state index in [4.69, 9.17) is 0 Å². The molecule has 2 rings (SSSR count). The summed E-state index contributed by atoms with van der Waals surface area (Å²) in [5, 5.41) is 15.6. The van der Waals surface area contributed by atoms with E-state index in [0.717, 1.165) is 28.8 Å². The maximum absolute atomic E-state index is 9.94. The summed E-state index contributed by atoms with van der Waals surface area (Å²) in [5.41, 5.74) is 2.12. The third-order valence-electron chi connectivity index (χ3n) is 2.92. The van der Waals surface area contributed by atoms with E-state index in [9.17, 15) is 5.11 Å². The zero-order chi connectivity index (χ0) is 12.3. The second kappa shape index (κ2) is 5.56. The lowest BCUT2D eigenvalue weighted by Crippen LogP contribution is -2.12. The molecule has 0 aliphatic carbocycles. The van der Waals surface area contributed by atoms with Gasteiger partial charge in [-0.2, -0.15) is 16.9 Å². The highest BCUT2D eigenvalue weighted by atomic mass is 32.2. The molecule has 1 aromatic heterocycles. The molecule has 92 valence electrons. The topological polar surface area (TPSA) is 38.1 Å². The first-order valence-corrected chi connectivity index (χ1v) is 7.19. The van der Waals surface area contributed by atoms with Gasteiger partial charge in [0, 0.05) is 18.9 Å². The summed E-state index contributed by atoms with van der Waals surface area (Å²) < 4.78 is 1.88. The molecule has 0 bridgehead atoms. The van der Waals surface area contributed by atoms with Gasteiger partial charge in [0.25, 0.3) is 0 Å². The van der Waals surface area contributed by atoms with Gasteiger partial charge in [0.1, 0.15) is 0 Å². The zero-order valence-corrected chi connectivity index (χ0v) is 11.1. The number of rotatable bonds is 5. The van der Waals surface area contributed by atoms with Gasteiger partial charge in [-0.15, -0.1) is 0 Å². The lowest BCUT2D eigenvalue weighted by Gasteiger charge is -2.07. The first-order chi connectivity index (χ1) is 8.22. The molecule has 0 saturated heterocycles. The number of fused-ring (bicyclic) bond motifs is 1. The Bertz CT molecular complexity index is 495. The molecule has 4 heteroatoms. The summed E-state index contributed by atoms with van der Waals surface area (Å²) in [7, 11) is 1.94. The maximum Gasteiger partial charge on any atom is 0.0728 e. The SMILES string of the molecule is CSCCC(O)Cc1nn(C)c2ccccc12. The van der Waals surface area contributed by atoms with Crippen LogP contribution in [0.2, 0.25) is 0 Å². The van der Waals surface area contributed by atoms with Crippen molar-refractivity contribution in [2.24, 2.45) is 7.05 Å². The molecule has 0 aliphatic rings. The number of thioether (sulfide) groups is 1. The molecule has 0 spiro atoms. The van der Waals surface area contributed by atoms with Crippen LogP contribution in [0.5, 0.6) is 0 Å². The lowest BCUT2D eigenvalue weighted by molar-refractivity contribution is 0.171. The van der Waals surface area contributed by atoms with Gasteiger partial charge in [0.05, 0.1) is 17.3 Å². The second-order valence-electron chi connectivity index (χ2n) is 4.23. The van der Waals surface area contributed by atoms with Crippen molar-refractivity contribution < 1.29 is 5.11 Å². The molecule has 0 saturated carbocycles. The molecule has 1 atom stereocenters. The van der Waals surface area contributed by atoms with Crippen LogP contribution in [0.4, 0.5) is 0 Å². The van der Waals surface area contributed by atoms with Crippen molar-refractivity contribution in [3.63, 3.8) is 0 Å². The van der Waals surface area contributed by atoms with Crippen molar-refractivity contribution in [1.29, 1.82) is 0 Å². The highest BCUT2D eigenvalue weighted by molar-refractivity contribution is 7.98. The Morgan fingerprint density at radius 2 is 2.18 bits per heavy atom. The molecular weight excluding hydrogens is 232 g/mol. The number of aromatic nitrogens is 2. The number of hydrogen-bond donors (Lipinski definition) is 1. The minimum atomic E-state index is -0.291. The fourth-order valence-corrected chi connectivity index (χ4v) is 2.53. The van der Waals surface area contributed by atoms with Crippen molar-refractivity contribution in [3.8, 4) is 0 Å². The van der Waals surface area contributed by atoms with Crippen molar-refractivity contribution in [3.05, 3.63) is 30.0 Å². The monoisotopic (exact) mass is 250 g/mol. The summed E-state index contributed by atoms with van der Waals surface area (Å²) in [6, 6.07) is 8.15. The van der Waals surface area contributed by atoms with Gasteiger partial charge in [0.2, 0.25) is 0 Å². The number of hydrogen-bond acceptors (Lipinski definition) is 3. The van der Waals surface area contributed by atoms with E-state index in [-0.39, 0.29) is 6.10 Å². The summed E-state index contributed by atoms with van der Waals surface area (Å²) in [6.07, 6.45) is 3.23. The summed E-state index contributed by atoms with van der Waals surface area (Å²) in [4.78, 5) is 0. The van der Waals surface area contributed by atoms with Crippen molar-refractivity contribution >= 4 is 22.7 Å². The molecule has 17 heavy (non-hydrogen) atoms. The lowest BCUT2D eigenvalue weighted by atomic mass is 10.1. The Labute approximate surface area is 106 Å². The average Bonchev–Trinajstić information content (AvgIpc) is 2.65. The Hall–Kier alpha value is -1.00. The molecular formula is C13H18N2OS. The Balaban J connectivity index is 2.18. The Morgan fingerprint density at radius 1 is 1.41 bits per heavy atom. The molecule has 1 aromatic carbocycles. The molecule has 3 nitrogen and oxygen atoms in total. The molecule has 1 unspecified atom stereocenters. The van der Waals surface area contributed by atoms with E-state index < -0.39 is 0 Å². The second-order valence-corrected chi connectivity index (χ2v) is 5.21. The largest absolute Gasteiger partial charge is 0.393 e. The molecule has 0 aliphatic heterocycles. The van der Waals surface area contributed by atoms with E-state index in [1.54, 1.807) is 11.8 Å². The van der Waals surface area contributed by atoms with Crippen LogP contribution in [0.25, 0.3) is 10.9 Å².